The molecule has 0 N–H and O–H groups in total. The second-order valence-electron chi connectivity index (χ2n) is 7.65. The molecule has 0 aliphatic carbocycles. The van der Waals surface area contributed by atoms with Crippen molar-refractivity contribution in [1.82, 2.24) is 4.98 Å². The van der Waals surface area contributed by atoms with Crippen molar-refractivity contribution in [2.24, 2.45) is 5.92 Å². The van der Waals surface area contributed by atoms with Crippen LogP contribution in [0.15, 0.2) is 48.0 Å². The molecule has 2 heterocycles. The van der Waals surface area contributed by atoms with Crippen LogP contribution in [0, 0.1) is 12.8 Å². The fourth-order valence-corrected chi connectivity index (χ4v) is 4.19. The Morgan fingerprint density at radius 2 is 1.93 bits per heavy atom. The first kappa shape index (κ1) is 21.2. The van der Waals surface area contributed by atoms with Crippen molar-refractivity contribution in [3.63, 3.8) is 0 Å². The lowest BCUT2D eigenvalue weighted by Crippen LogP contribution is -2.25. The first-order valence-corrected chi connectivity index (χ1v) is 11.0. The van der Waals surface area contributed by atoms with Crippen LogP contribution in [0.4, 0.5) is 17.2 Å². The molecular weight excluding hydrogens is 378 g/mol. The highest BCUT2D eigenvalue weighted by Crippen LogP contribution is 2.37. The summed E-state index contributed by atoms with van der Waals surface area (Å²) < 4.78 is 5.72. The van der Waals surface area contributed by atoms with E-state index < -0.39 is 0 Å². The molecule has 0 amide bonds. The Balaban J connectivity index is 1.92. The van der Waals surface area contributed by atoms with Crippen LogP contribution in [0.2, 0.25) is 0 Å². The van der Waals surface area contributed by atoms with Gasteiger partial charge < -0.3 is 14.5 Å². The lowest BCUT2D eigenvalue weighted by molar-refractivity contribution is 0.416. The van der Waals surface area contributed by atoms with E-state index in [2.05, 4.69) is 79.4 Å². The number of benzene rings is 1. The Kier molecular flexibility index (Phi) is 6.80. The first-order valence-electron chi connectivity index (χ1n) is 10.1. The third-order valence-corrected chi connectivity index (χ3v) is 6.36. The summed E-state index contributed by atoms with van der Waals surface area (Å²) in [5.74, 6) is 2.40. The topological polar surface area (TPSA) is 28.6 Å². The number of hydrogen-bond acceptors (Lipinski definition) is 5. The van der Waals surface area contributed by atoms with Crippen LogP contribution >= 0.6 is 11.3 Å². The molecule has 3 aromatic rings. The predicted octanol–water partition coefficient (Wildman–Crippen LogP) is 6.38. The van der Waals surface area contributed by atoms with Crippen LogP contribution in [-0.4, -0.2) is 32.7 Å². The van der Waals surface area contributed by atoms with Gasteiger partial charge in [-0.3, -0.25) is 0 Å². The summed E-state index contributed by atoms with van der Waals surface area (Å²) in [7, 11) is 5.92. The standard InChI is InChI=1S/C24H31N3OS/c1-7-17(2)16-26(4)21-14-24(25-15-18(21)3)27(5)20-11-10-19(13-22(20)28-6)23-9-8-12-29-23/h8-15,17H,7,16H2,1-6H3. The maximum Gasteiger partial charge on any atom is 0.143 e. The molecule has 29 heavy (non-hydrogen) atoms. The summed E-state index contributed by atoms with van der Waals surface area (Å²) in [5, 5.41) is 2.09. The monoisotopic (exact) mass is 409 g/mol. The molecule has 0 aliphatic heterocycles. The van der Waals surface area contributed by atoms with Crippen molar-refractivity contribution in [2.45, 2.75) is 27.2 Å². The van der Waals surface area contributed by atoms with Gasteiger partial charge in [0.15, 0.2) is 0 Å². The van der Waals surface area contributed by atoms with Gasteiger partial charge >= 0.3 is 0 Å². The van der Waals surface area contributed by atoms with Crippen molar-refractivity contribution in [3.8, 4) is 16.2 Å². The lowest BCUT2D eigenvalue weighted by atomic mass is 10.1. The molecule has 0 fully saturated rings. The van der Waals surface area contributed by atoms with Gasteiger partial charge in [-0.1, -0.05) is 32.4 Å². The molecule has 4 nitrogen and oxygen atoms in total. The molecule has 0 bridgehead atoms. The van der Waals surface area contributed by atoms with Gasteiger partial charge in [-0.25, -0.2) is 4.98 Å². The largest absolute Gasteiger partial charge is 0.495 e. The first-order chi connectivity index (χ1) is 13.9. The second kappa shape index (κ2) is 9.31. The Labute approximate surface area is 178 Å². The number of rotatable bonds is 8. The molecular formula is C24H31N3OS. The van der Waals surface area contributed by atoms with E-state index in [-0.39, 0.29) is 0 Å². The minimum atomic E-state index is 0.652. The molecule has 0 spiro atoms. The maximum atomic E-state index is 5.72. The molecule has 5 heteroatoms. The molecule has 154 valence electrons. The number of thiophene rings is 1. The Bertz CT molecular complexity index is 939. The zero-order valence-electron chi connectivity index (χ0n) is 18.3. The fourth-order valence-electron chi connectivity index (χ4n) is 3.47. The Hall–Kier alpha value is -2.53. The zero-order valence-corrected chi connectivity index (χ0v) is 19.1. The summed E-state index contributed by atoms with van der Waals surface area (Å²) in [6.07, 6.45) is 3.13. The molecule has 1 atom stereocenters. The third-order valence-electron chi connectivity index (χ3n) is 5.44. The van der Waals surface area contributed by atoms with E-state index in [0.29, 0.717) is 5.92 Å². The molecule has 3 rings (SSSR count). The highest BCUT2D eigenvalue weighted by molar-refractivity contribution is 7.13. The number of hydrogen-bond donors (Lipinski definition) is 0. The molecule has 0 aliphatic rings. The van der Waals surface area contributed by atoms with E-state index in [4.69, 9.17) is 9.72 Å². The second-order valence-corrected chi connectivity index (χ2v) is 8.59. The lowest BCUT2D eigenvalue weighted by Gasteiger charge is -2.27. The summed E-state index contributed by atoms with van der Waals surface area (Å²) in [6, 6.07) is 12.7. The summed E-state index contributed by atoms with van der Waals surface area (Å²) in [6.45, 7) is 7.68. The van der Waals surface area contributed by atoms with Crippen LogP contribution in [0.5, 0.6) is 5.75 Å². The van der Waals surface area contributed by atoms with Gasteiger partial charge in [-0.05, 0) is 47.5 Å². The smallest absolute Gasteiger partial charge is 0.143 e. The molecule has 2 aromatic heterocycles. The van der Waals surface area contributed by atoms with E-state index in [1.54, 1.807) is 18.4 Å². The van der Waals surface area contributed by atoms with Gasteiger partial charge in [0, 0.05) is 43.5 Å². The van der Waals surface area contributed by atoms with Crippen molar-refractivity contribution in [2.75, 3.05) is 37.5 Å². The van der Waals surface area contributed by atoms with Gasteiger partial charge in [-0.15, -0.1) is 11.3 Å². The number of aromatic nitrogens is 1. The van der Waals surface area contributed by atoms with Crippen molar-refractivity contribution in [1.29, 1.82) is 0 Å². The highest BCUT2D eigenvalue weighted by atomic mass is 32.1. The van der Waals surface area contributed by atoms with Crippen molar-refractivity contribution >= 4 is 28.5 Å². The minimum absolute atomic E-state index is 0.652. The number of methoxy groups -OCH3 is 1. The van der Waals surface area contributed by atoms with Crippen LogP contribution in [0.25, 0.3) is 10.4 Å². The van der Waals surface area contributed by atoms with E-state index >= 15 is 0 Å². The van der Waals surface area contributed by atoms with Crippen molar-refractivity contribution in [3.05, 3.63) is 53.5 Å². The number of ether oxygens (including phenoxy) is 1. The highest BCUT2D eigenvalue weighted by Gasteiger charge is 2.16. The van der Waals surface area contributed by atoms with Gasteiger partial charge in [0.2, 0.25) is 0 Å². The summed E-state index contributed by atoms with van der Waals surface area (Å²) >= 11 is 1.73. The van der Waals surface area contributed by atoms with Crippen LogP contribution < -0.4 is 14.5 Å². The molecule has 1 aromatic carbocycles. The van der Waals surface area contributed by atoms with Gasteiger partial charge in [0.05, 0.1) is 12.8 Å². The van der Waals surface area contributed by atoms with E-state index in [1.807, 2.05) is 13.2 Å². The summed E-state index contributed by atoms with van der Waals surface area (Å²) in [4.78, 5) is 10.4. The van der Waals surface area contributed by atoms with Gasteiger partial charge in [-0.2, -0.15) is 0 Å². The number of anilines is 3. The Morgan fingerprint density at radius 1 is 1.14 bits per heavy atom. The van der Waals surface area contributed by atoms with Crippen LogP contribution in [0.3, 0.4) is 0 Å². The average molecular weight is 410 g/mol. The van der Waals surface area contributed by atoms with Gasteiger partial charge in [0.1, 0.15) is 11.6 Å². The summed E-state index contributed by atoms with van der Waals surface area (Å²) in [5.41, 5.74) is 4.57. The minimum Gasteiger partial charge on any atom is -0.495 e. The van der Waals surface area contributed by atoms with E-state index in [1.165, 1.54) is 28.1 Å². The SMILES string of the molecule is CCC(C)CN(C)c1cc(N(C)c2ccc(-c3cccs3)cc2OC)ncc1C. The maximum absolute atomic E-state index is 5.72. The average Bonchev–Trinajstić information content (AvgIpc) is 3.27. The fraction of sp³-hybridized carbons (Fsp3) is 0.375. The van der Waals surface area contributed by atoms with Gasteiger partial charge in [0.25, 0.3) is 0 Å². The van der Waals surface area contributed by atoms with Crippen LogP contribution in [-0.2, 0) is 0 Å². The number of nitrogens with zero attached hydrogens (tertiary/aromatic N) is 3. The third kappa shape index (κ3) is 4.73. The molecule has 0 saturated carbocycles. The van der Waals surface area contributed by atoms with Crippen molar-refractivity contribution < 1.29 is 4.74 Å². The van der Waals surface area contributed by atoms with E-state index in [0.717, 1.165) is 23.8 Å². The Morgan fingerprint density at radius 3 is 2.59 bits per heavy atom. The quantitative estimate of drug-likeness (QED) is 0.432. The molecule has 0 saturated heterocycles. The number of aryl methyl sites for hydroxylation is 1. The molecule has 0 radical (unpaired) electrons. The predicted molar refractivity (Wildman–Crippen MR) is 126 cm³/mol. The van der Waals surface area contributed by atoms with E-state index in [9.17, 15) is 0 Å². The number of pyridine rings is 1. The van der Waals surface area contributed by atoms with Crippen LogP contribution in [0.1, 0.15) is 25.8 Å². The molecule has 1 unspecified atom stereocenters. The normalized spacial score (nSPS) is 11.9. The zero-order chi connectivity index (χ0) is 21.0.